The zero-order valence-electron chi connectivity index (χ0n) is 7.34. The van der Waals surface area contributed by atoms with Crippen molar-refractivity contribution in [3.63, 3.8) is 0 Å². The lowest BCUT2D eigenvalue weighted by molar-refractivity contribution is -0.137. The lowest BCUT2D eigenvalue weighted by Crippen LogP contribution is -2.14. The molecule has 0 bridgehead atoms. The third kappa shape index (κ3) is 2.74. The minimum absolute atomic E-state index is 0. The lowest BCUT2D eigenvalue weighted by Gasteiger charge is -2.01. The van der Waals surface area contributed by atoms with Crippen LogP contribution in [0.4, 0.5) is 0 Å². The number of rotatable bonds is 3. The monoisotopic (exact) mass is 220 g/mol. The quantitative estimate of drug-likeness (QED) is 0.735. The molecule has 0 aliphatic rings. The van der Waals surface area contributed by atoms with E-state index in [-0.39, 0.29) is 24.6 Å². The number of ether oxygens (including phenoxy) is 1. The molecule has 0 unspecified atom stereocenters. The summed E-state index contributed by atoms with van der Waals surface area (Å²) in [6.45, 7) is -0.301. The van der Waals surface area contributed by atoms with Gasteiger partial charge in [0.15, 0.2) is 0 Å². The Morgan fingerprint density at radius 2 is 2.29 bits per heavy atom. The van der Waals surface area contributed by atoms with Crippen LogP contribution in [0.5, 0.6) is 0 Å². The molecule has 1 heterocycles. The molecule has 0 spiro atoms. The summed E-state index contributed by atoms with van der Waals surface area (Å²) >= 11 is 0. The topological polar surface area (TPSA) is 81.4 Å². The molecule has 1 aromatic heterocycles. The summed E-state index contributed by atoms with van der Waals surface area (Å²) in [4.78, 5) is 25.0. The highest BCUT2D eigenvalue weighted by molar-refractivity contribution is 5.87. The van der Waals surface area contributed by atoms with E-state index < -0.39 is 11.9 Å². The number of carboxylic acids is 1. The Kier molecular flexibility index (Phi) is 4.65. The number of aliphatic carboxylic acids is 1. The summed E-state index contributed by atoms with van der Waals surface area (Å²) in [5, 5.41) is 8.46. The fraction of sp³-hybridized carbons (Fsp3) is 0.286. The van der Waals surface area contributed by atoms with Crippen molar-refractivity contribution < 1.29 is 19.4 Å². The summed E-state index contributed by atoms with van der Waals surface area (Å²) in [7, 11) is 1.22. The predicted octanol–water partition coefficient (Wildman–Crippen LogP) is 0.176. The van der Waals surface area contributed by atoms with Crippen molar-refractivity contribution in [3.05, 3.63) is 18.2 Å². The van der Waals surface area contributed by atoms with Crippen LogP contribution in [0.2, 0.25) is 0 Å². The Labute approximate surface area is 85.9 Å². The van der Waals surface area contributed by atoms with Gasteiger partial charge in [-0.3, -0.25) is 4.79 Å². The van der Waals surface area contributed by atoms with Crippen LogP contribution in [0.1, 0.15) is 10.5 Å². The average molecular weight is 221 g/mol. The molecule has 1 aromatic rings. The van der Waals surface area contributed by atoms with Crippen molar-refractivity contribution in [1.82, 2.24) is 9.55 Å². The normalized spacial score (nSPS) is 8.93. The van der Waals surface area contributed by atoms with Gasteiger partial charge in [-0.1, -0.05) is 0 Å². The van der Waals surface area contributed by atoms with Crippen LogP contribution in [0.25, 0.3) is 0 Å². The van der Waals surface area contributed by atoms with E-state index in [0.29, 0.717) is 0 Å². The van der Waals surface area contributed by atoms with E-state index in [2.05, 4.69) is 9.72 Å². The second-order valence-electron chi connectivity index (χ2n) is 2.29. The fourth-order valence-corrected chi connectivity index (χ4v) is 0.867. The van der Waals surface area contributed by atoms with Crippen molar-refractivity contribution in [2.75, 3.05) is 7.11 Å². The number of carbonyl (C=O) groups excluding carboxylic acids is 1. The molecular weight excluding hydrogens is 212 g/mol. The van der Waals surface area contributed by atoms with Gasteiger partial charge < -0.3 is 14.4 Å². The SMILES string of the molecule is COC(=O)c1cncn1CC(=O)O.Cl. The van der Waals surface area contributed by atoms with Crippen LogP contribution in [0.3, 0.4) is 0 Å². The predicted molar refractivity (Wildman–Crippen MR) is 48.5 cm³/mol. The highest BCUT2D eigenvalue weighted by Crippen LogP contribution is 2.00. The molecule has 7 heteroatoms. The summed E-state index contributed by atoms with van der Waals surface area (Å²) in [6, 6.07) is 0. The zero-order chi connectivity index (χ0) is 9.84. The number of carbonyl (C=O) groups is 2. The van der Waals surface area contributed by atoms with Crippen molar-refractivity contribution in [3.8, 4) is 0 Å². The maximum absolute atomic E-state index is 11.0. The first-order chi connectivity index (χ1) is 6.15. The number of carboxylic acid groups (broad SMARTS) is 1. The molecule has 6 nitrogen and oxygen atoms in total. The second kappa shape index (κ2) is 5.23. The second-order valence-corrected chi connectivity index (χ2v) is 2.29. The van der Waals surface area contributed by atoms with Gasteiger partial charge in [0.05, 0.1) is 19.6 Å². The van der Waals surface area contributed by atoms with E-state index >= 15 is 0 Å². The zero-order valence-corrected chi connectivity index (χ0v) is 8.15. The largest absolute Gasteiger partial charge is 0.480 e. The highest BCUT2D eigenvalue weighted by atomic mass is 35.5. The van der Waals surface area contributed by atoms with Gasteiger partial charge in [0.25, 0.3) is 0 Å². The Bertz CT molecular complexity index is 336. The minimum atomic E-state index is -1.04. The molecule has 1 N–H and O–H groups in total. The standard InChI is InChI=1S/C7H8N2O4.ClH/c1-13-7(12)5-2-8-4-9(5)3-6(10)11;/h2,4H,3H2,1H3,(H,10,11);1H. The number of nitrogens with zero attached hydrogens (tertiary/aromatic N) is 2. The number of methoxy groups -OCH3 is 1. The molecule has 0 saturated heterocycles. The van der Waals surface area contributed by atoms with E-state index in [1.165, 1.54) is 24.2 Å². The Balaban J connectivity index is 0.00000169. The van der Waals surface area contributed by atoms with Crippen LogP contribution >= 0.6 is 12.4 Å². The summed E-state index contributed by atoms with van der Waals surface area (Å²) in [6.07, 6.45) is 2.52. The van der Waals surface area contributed by atoms with Gasteiger partial charge in [0, 0.05) is 0 Å². The maximum Gasteiger partial charge on any atom is 0.356 e. The molecule has 0 atom stereocenters. The highest BCUT2D eigenvalue weighted by Gasteiger charge is 2.13. The average Bonchev–Trinajstić information content (AvgIpc) is 2.50. The van der Waals surface area contributed by atoms with Gasteiger partial charge >= 0.3 is 11.9 Å². The first-order valence-electron chi connectivity index (χ1n) is 3.45. The molecule has 78 valence electrons. The Morgan fingerprint density at radius 3 is 2.79 bits per heavy atom. The van der Waals surface area contributed by atoms with Crippen LogP contribution in [-0.4, -0.2) is 33.7 Å². The summed E-state index contributed by atoms with van der Waals surface area (Å²) < 4.78 is 5.63. The molecule has 0 aliphatic carbocycles. The van der Waals surface area contributed by atoms with Crippen LogP contribution in [0, 0.1) is 0 Å². The molecule has 0 aliphatic heterocycles. The molecule has 1 rings (SSSR count). The van der Waals surface area contributed by atoms with E-state index in [4.69, 9.17) is 5.11 Å². The number of hydrogen-bond acceptors (Lipinski definition) is 4. The van der Waals surface area contributed by atoms with Crippen LogP contribution < -0.4 is 0 Å². The summed E-state index contributed by atoms with van der Waals surface area (Å²) in [5.41, 5.74) is 0.130. The van der Waals surface area contributed by atoms with E-state index in [0.717, 1.165) is 0 Å². The molecule has 0 saturated carbocycles. The molecular formula is C7H9ClN2O4. The first kappa shape index (κ1) is 12.4. The first-order valence-corrected chi connectivity index (χ1v) is 3.45. The van der Waals surface area contributed by atoms with Crippen molar-refractivity contribution in [1.29, 1.82) is 0 Å². The molecule has 0 radical (unpaired) electrons. The lowest BCUT2D eigenvalue weighted by atomic mass is 10.4. The van der Waals surface area contributed by atoms with E-state index in [1.54, 1.807) is 0 Å². The molecule has 0 amide bonds. The van der Waals surface area contributed by atoms with Gasteiger partial charge in [0.2, 0.25) is 0 Å². The van der Waals surface area contributed by atoms with Crippen LogP contribution in [0.15, 0.2) is 12.5 Å². The third-order valence-corrected chi connectivity index (χ3v) is 1.41. The van der Waals surface area contributed by atoms with E-state index in [9.17, 15) is 9.59 Å². The Morgan fingerprint density at radius 1 is 1.64 bits per heavy atom. The summed E-state index contributed by atoms with van der Waals surface area (Å²) in [5.74, 6) is -1.64. The minimum Gasteiger partial charge on any atom is -0.480 e. The fourth-order valence-electron chi connectivity index (χ4n) is 0.867. The molecule has 14 heavy (non-hydrogen) atoms. The maximum atomic E-state index is 11.0. The Hall–Kier alpha value is -1.56. The van der Waals surface area contributed by atoms with Gasteiger partial charge in [-0.15, -0.1) is 12.4 Å². The van der Waals surface area contributed by atoms with Crippen molar-refractivity contribution >= 4 is 24.3 Å². The van der Waals surface area contributed by atoms with Crippen molar-refractivity contribution in [2.45, 2.75) is 6.54 Å². The number of imidazole rings is 1. The number of aromatic nitrogens is 2. The number of esters is 1. The third-order valence-electron chi connectivity index (χ3n) is 1.41. The smallest absolute Gasteiger partial charge is 0.356 e. The van der Waals surface area contributed by atoms with Crippen LogP contribution in [-0.2, 0) is 16.1 Å². The number of halogens is 1. The molecule has 0 fully saturated rings. The van der Waals surface area contributed by atoms with Gasteiger partial charge in [-0.05, 0) is 0 Å². The number of hydrogen-bond donors (Lipinski definition) is 1. The van der Waals surface area contributed by atoms with Crippen molar-refractivity contribution in [2.24, 2.45) is 0 Å². The molecule has 0 aromatic carbocycles. The van der Waals surface area contributed by atoms with Gasteiger partial charge in [0.1, 0.15) is 12.2 Å². The van der Waals surface area contributed by atoms with Gasteiger partial charge in [-0.25, -0.2) is 9.78 Å². The van der Waals surface area contributed by atoms with Gasteiger partial charge in [-0.2, -0.15) is 0 Å². The van der Waals surface area contributed by atoms with E-state index in [1.807, 2.05) is 0 Å².